The Kier molecular flexibility index (Phi) is 6.48. The molecule has 5 N–H and O–H groups in total. The first-order chi connectivity index (χ1) is 12.9. The quantitative estimate of drug-likeness (QED) is 0.317. The van der Waals surface area contributed by atoms with Crippen LogP contribution < -0.4 is 10.9 Å². The van der Waals surface area contributed by atoms with Gasteiger partial charge in [0.2, 0.25) is 0 Å². The molecule has 27 heavy (non-hydrogen) atoms. The van der Waals surface area contributed by atoms with Gasteiger partial charge >= 0.3 is 160 Å². The number of aliphatic hydroxyl groups is 4. The van der Waals surface area contributed by atoms with Crippen LogP contribution in [-0.4, -0.2) is 81.9 Å². The van der Waals surface area contributed by atoms with Crippen LogP contribution >= 0.6 is 0 Å². The third kappa shape index (κ3) is 4.33. The number of carbonyl (C=O) groups is 1. The second-order valence-electron chi connectivity index (χ2n) is 6.42. The van der Waals surface area contributed by atoms with Crippen molar-refractivity contribution < 1.29 is 30.0 Å². The fourth-order valence-corrected chi connectivity index (χ4v) is 5.17. The fraction of sp³-hybridized carbons (Fsp3) is 0.529. The van der Waals surface area contributed by atoms with Gasteiger partial charge in [0.1, 0.15) is 0 Å². The first kappa shape index (κ1) is 20.2. The summed E-state index contributed by atoms with van der Waals surface area (Å²) in [5.41, 5.74) is -0.0278. The van der Waals surface area contributed by atoms with Crippen LogP contribution in [0.5, 0.6) is 0 Å². The molecule has 0 radical (unpaired) electrons. The molecule has 10 heteroatoms. The summed E-state index contributed by atoms with van der Waals surface area (Å²) in [6.45, 7) is -0.118. The number of hydrogen-bond donors (Lipinski definition) is 5. The van der Waals surface area contributed by atoms with Crippen molar-refractivity contribution in [2.24, 2.45) is 0 Å². The summed E-state index contributed by atoms with van der Waals surface area (Å²) in [5, 5.41) is 41.7. The Bertz CT molecular complexity index is 849. The van der Waals surface area contributed by atoms with Crippen molar-refractivity contribution in [3.05, 3.63) is 34.6 Å². The van der Waals surface area contributed by atoms with E-state index in [1.54, 1.807) is 9.63 Å². The molecule has 2 aromatic rings. The van der Waals surface area contributed by atoms with E-state index in [-0.39, 0.29) is 26.7 Å². The topological polar surface area (TPSA) is 141 Å². The van der Waals surface area contributed by atoms with Gasteiger partial charge in [0.05, 0.1) is 0 Å². The Morgan fingerprint density at radius 3 is 2.63 bits per heavy atom. The van der Waals surface area contributed by atoms with Crippen LogP contribution in [0.2, 0.25) is 0 Å². The summed E-state index contributed by atoms with van der Waals surface area (Å²) in [5.74, 6) is -0.420. The number of hydrogen-bond acceptors (Lipinski definition) is 7. The van der Waals surface area contributed by atoms with Gasteiger partial charge in [0.25, 0.3) is 0 Å². The Balaban J connectivity index is 1.53. The summed E-state index contributed by atoms with van der Waals surface area (Å²) in [7, 11) is 0. The minimum atomic E-state index is -1.54. The average Bonchev–Trinajstić information content (AvgIpc) is 2.98. The zero-order chi connectivity index (χ0) is 19.6. The molecule has 1 aliphatic heterocycles. The number of benzene rings is 1. The molecule has 1 aromatic carbocycles. The van der Waals surface area contributed by atoms with E-state index >= 15 is 0 Å². The SMILES string of the molecule is O=C(CCCn1[se]c2ccccc2c1=O)N[C@@H]1O[C@H](CO)[C@@H](O)[C@H](O)[C@H]1O. The van der Waals surface area contributed by atoms with Gasteiger partial charge < -0.3 is 0 Å². The van der Waals surface area contributed by atoms with Crippen LogP contribution in [0, 0.1) is 0 Å². The number of nitrogens with zero attached hydrogens (tertiary/aromatic N) is 1. The van der Waals surface area contributed by atoms with Gasteiger partial charge in [-0.15, -0.1) is 0 Å². The standard InChI is InChI=1S/C17H22N2O7Se/c20-8-10-13(22)14(23)15(24)16(26-10)18-12(21)6-3-7-19-17(25)9-4-1-2-5-11(9)27-19/h1-2,4-5,10,13-16,20,22-24H,3,6-8H2,(H,18,21)/t10-,13-,14+,15-,16-/m1/s1. The molecule has 9 nitrogen and oxygen atoms in total. The molecule has 0 bridgehead atoms. The normalized spacial score (nSPS) is 28.4. The van der Waals surface area contributed by atoms with E-state index in [0.717, 1.165) is 4.26 Å². The predicted molar refractivity (Wildman–Crippen MR) is 96.3 cm³/mol. The van der Waals surface area contributed by atoms with E-state index in [9.17, 15) is 24.9 Å². The van der Waals surface area contributed by atoms with Crippen LogP contribution in [0.15, 0.2) is 29.1 Å². The van der Waals surface area contributed by atoms with Crippen molar-refractivity contribution in [3.63, 3.8) is 0 Å². The number of aromatic nitrogens is 1. The Morgan fingerprint density at radius 1 is 1.19 bits per heavy atom. The molecule has 3 rings (SSSR count). The summed E-state index contributed by atoms with van der Waals surface area (Å²) in [6, 6.07) is 7.44. The van der Waals surface area contributed by atoms with Crippen LogP contribution in [0.4, 0.5) is 0 Å². The van der Waals surface area contributed by atoms with Crippen molar-refractivity contribution in [2.45, 2.75) is 50.0 Å². The molecule has 148 valence electrons. The number of fused-ring (bicyclic) bond motifs is 1. The van der Waals surface area contributed by atoms with Crippen molar-refractivity contribution in [1.29, 1.82) is 0 Å². The maximum absolute atomic E-state index is 12.3. The van der Waals surface area contributed by atoms with Crippen LogP contribution in [0.1, 0.15) is 12.8 Å². The molecular formula is C17H22N2O7Se. The molecule has 0 aliphatic carbocycles. The summed E-state index contributed by atoms with van der Waals surface area (Å²) >= 11 is -0.0958. The second-order valence-corrected chi connectivity index (χ2v) is 8.65. The van der Waals surface area contributed by atoms with Gasteiger partial charge in [-0.05, 0) is 0 Å². The number of aliphatic hydroxyl groups excluding tert-OH is 4. The van der Waals surface area contributed by atoms with Crippen molar-refractivity contribution >= 4 is 30.3 Å². The number of rotatable bonds is 6. The second kappa shape index (κ2) is 8.66. The molecule has 1 aliphatic rings. The fourth-order valence-electron chi connectivity index (χ4n) is 3.00. The minimum absolute atomic E-state index is 0.0278. The molecule has 1 aromatic heterocycles. The Hall–Kier alpha value is -1.52. The number of carbonyl (C=O) groups excluding carboxylic acids is 1. The molecule has 2 heterocycles. The van der Waals surface area contributed by atoms with Crippen LogP contribution in [0.25, 0.3) is 9.65 Å². The van der Waals surface area contributed by atoms with Gasteiger partial charge in [-0.2, -0.15) is 0 Å². The summed E-state index contributed by atoms with van der Waals surface area (Å²) in [6.07, 6.45) is -6.28. The van der Waals surface area contributed by atoms with Crippen LogP contribution in [0.3, 0.4) is 0 Å². The van der Waals surface area contributed by atoms with E-state index < -0.39 is 43.2 Å². The molecule has 0 saturated carbocycles. The van der Waals surface area contributed by atoms with E-state index in [0.29, 0.717) is 18.4 Å². The van der Waals surface area contributed by atoms with Crippen molar-refractivity contribution in [3.8, 4) is 0 Å². The Labute approximate surface area is 160 Å². The number of nitrogens with one attached hydrogen (secondary N) is 1. The average molecular weight is 445 g/mol. The predicted octanol–water partition coefficient (Wildman–Crippen LogP) is -2.25. The van der Waals surface area contributed by atoms with Gasteiger partial charge in [0.15, 0.2) is 0 Å². The number of ether oxygens (including phenoxy) is 1. The maximum atomic E-state index is 12.3. The van der Waals surface area contributed by atoms with Crippen LogP contribution in [-0.2, 0) is 16.1 Å². The third-order valence-electron chi connectivity index (χ3n) is 4.51. The first-order valence-corrected chi connectivity index (χ1v) is 10.2. The molecule has 1 fully saturated rings. The van der Waals surface area contributed by atoms with Gasteiger partial charge in [-0.3, -0.25) is 0 Å². The van der Waals surface area contributed by atoms with Crippen molar-refractivity contribution in [1.82, 2.24) is 8.88 Å². The zero-order valence-corrected chi connectivity index (χ0v) is 16.1. The van der Waals surface area contributed by atoms with E-state index in [1.807, 2.05) is 18.2 Å². The monoisotopic (exact) mass is 446 g/mol. The summed E-state index contributed by atoms with van der Waals surface area (Å²) < 4.78 is 8.00. The van der Waals surface area contributed by atoms with E-state index in [4.69, 9.17) is 9.84 Å². The molecular weight excluding hydrogens is 423 g/mol. The number of aryl methyl sites for hydroxylation is 1. The van der Waals surface area contributed by atoms with Gasteiger partial charge in [-0.25, -0.2) is 0 Å². The molecule has 0 spiro atoms. The third-order valence-corrected chi connectivity index (χ3v) is 6.87. The number of amides is 1. The molecule has 0 unspecified atom stereocenters. The molecule has 5 atom stereocenters. The zero-order valence-electron chi connectivity index (χ0n) is 14.4. The Morgan fingerprint density at radius 2 is 1.93 bits per heavy atom. The summed E-state index contributed by atoms with van der Waals surface area (Å²) in [4.78, 5) is 24.4. The van der Waals surface area contributed by atoms with Gasteiger partial charge in [-0.1, -0.05) is 0 Å². The molecule has 1 saturated heterocycles. The molecule has 1 amide bonds. The van der Waals surface area contributed by atoms with Crippen molar-refractivity contribution in [2.75, 3.05) is 6.61 Å². The van der Waals surface area contributed by atoms with E-state index in [1.165, 1.54) is 0 Å². The van der Waals surface area contributed by atoms with Gasteiger partial charge in [0, 0.05) is 0 Å². The van der Waals surface area contributed by atoms with E-state index in [2.05, 4.69) is 5.32 Å². The first-order valence-electron chi connectivity index (χ1n) is 8.61.